The van der Waals surface area contributed by atoms with Gasteiger partial charge in [0.15, 0.2) is 0 Å². The highest BCUT2D eigenvalue weighted by atomic mass is 16.6. The molecule has 5 heteroatoms. The number of nitro benzene ring substituents is 1. The SMILES string of the molecule is CCCNc1cccc(N(C)CC2CC2)c1[N+](=O)[O-]. The Bertz CT molecular complexity index is 458. The molecule has 1 N–H and O–H groups in total. The number of anilines is 2. The minimum atomic E-state index is -0.281. The van der Waals surface area contributed by atoms with Gasteiger partial charge in [-0.15, -0.1) is 0 Å². The fourth-order valence-electron chi connectivity index (χ4n) is 2.22. The molecule has 0 radical (unpaired) electrons. The molecule has 1 aliphatic rings. The van der Waals surface area contributed by atoms with Gasteiger partial charge in [-0.3, -0.25) is 10.1 Å². The Morgan fingerprint density at radius 3 is 2.79 bits per heavy atom. The average molecular weight is 263 g/mol. The summed E-state index contributed by atoms with van der Waals surface area (Å²) in [6.45, 7) is 3.69. The topological polar surface area (TPSA) is 58.4 Å². The Labute approximate surface area is 113 Å². The first-order chi connectivity index (χ1) is 9.13. The summed E-state index contributed by atoms with van der Waals surface area (Å²) in [6, 6.07) is 5.49. The van der Waals surface area contributed by atoms with Crippen LogP contribution in [0.5, 0.6) is 0 Å². The normalized spacial score (nSPS) is 14.2. The summed E-state index contributed by atoms with van der Waals surface area (Å²) in [6.07, 6.45) is 3.43. The van der Waals surface area contributed by atoms with Gasteiger partial charge in [-0.1, -0.05) is 13.0 Å². The summed E-state index contributed by atoms with van der Waals surface area (Å²) in [5.74, 6) is 0.705. The average Bonchev–Trinajstić information content (AvgIpc) is 3.19. The molecule has 0 heterocycles. The van der Waals surface area contributed by atoms with E-state index in [4.69, 9.17) is 0 Å². The number of hydrogen-bond donors (Lipinski definition) is 1. The molecule has 104 valence electrons. The molecule has 0 bridgehead atoms. The van der Waals surface area contributed by atoms with Crippen molar-refractivity contribution in [1.29, 1.82) is 0 Å². The van der Waals surface area contributed by atoms with E-state index in [9.17, 15) is 10.1 Å². The molecule has 0 atom stereocenters. The largest absolute Gasteiger partial charge is 0.379 e. The van der Waals surface area contributed by atoms with Gasteiger partial charge in [-0.25, -0.2) is 0 Å². The third-order valence-corrected chi connectivity index (χ3v) is 3.40. The molecule has 0 spiro atoms. The van der Waals surface area contributed by atoms with Crippen molar-refractivity contribution in [3.05, 3.63) is 28.3 Å². The highest BCUT2D eigenvalue weighted by Gasteiger charge is 2.27. The molecule has 0 aromatic heterocycles. The van der Waals surface area contributed by atoms with Crippen molar-refractivity contribution in [2.75, 3.05) is 30.4 Å². The van der Waals surface area contributed by atoms with Crippen LogP contribution in [0.25, 0.3) is 0 Å². The van der Waals surface area contributed by atoms with E-state index in [1.165, 1.54) is 12.8 Å². The van der Waals surface area contributed by atoms with Crippen LogP contribution in [0, 0.1) is 16.0 Å². The second-order valence-electron chi connectivity index (χ2n) is 5.18. The van der Waals surface area contributed by atoms with E-state index >= 15 is 0 Å². The lowest BCUT2D eigenvalue weighted by atomic mass is 10.2. The molecular weight excluding hydrogens is 242 g/mol. The Kier molecular flexibility index (Phi) is 4.24. The van der Waals surface area contributed by atoms with Crippen LogP contribution in [-0.2, 0) is 0 Å². The van der Waals surface area contributed by atoms with Crippen LogP contribution in [0.3, 0.4) is 0 Å². The van der Waals surface area contributed by atoms with Crippen LogP contribution in [0.2, 0.25) is 0 Å². The van der Waals surface area contributed by atoms with Crippen molar-refractivity contribution in [3.8, 4) is 0 Å². The van der Waals surface area contributed by atoms with Crippen LogP contribution in [0.15, 0.2) is 18.2 Å². The maximum Gasteiger partial charge on any atom is 0.315 e. The smallest absolute Gasteiger partial charge is 0.315 e. The molecule has 1 aliphatic carbocycles. The Hall–Kier alpha value is -1.78. The molecule has 1 fully saturated rings. The molecule has 0 saturated heterocycles. The predicted molar refractivity (Wildman–Crippen MR) is 77.9 cm³/mol. The number of nitro groups is 1. The van der Waals surface area contributed by atoms with Gasteiger partial charge < -0.3 is 10.2 Å². The first-order valence-electron chi connectivity index (χ1n) is 6.86. The van der Waals surface area contributed by atoms with Crippen molar-refractivity contribution in [1.82, 2.24) is 0 Å². The molecule has 0 amide bonds. The number of nitrogens with zero attached hydrogens (tertiary/aromatic N) is 2. The second-order valence-corrected chi connectivity index (χ2v) is 5.18. The van der Waals surface area contributed by atoms with Gasteiger partial charge in [0, 0.05) is 20.1 Å². The minimum absolute atomic E-state index is 0.194. The lowest BCUT2D eigenvalue weighted by Gasteiger charge is -2.20. The molecule has 1 saturated carbocycles. The molecule has 1 aromatic carbocycles. The summed E-state index contributed by atoms with van der Waals surface area (Å²) >= 11 is 0. The first-order valence-corrected chi connectivity index (χ1v) is 6.86. The minimum Gasteiger partial charge on any atom is -0.379 e. The van der Waals surface area contributed by atoms with Crippen molar-refractivity contribution in [2.45, 2.75) is 26.2 Å². The maximum absolute atomic E-state index is 11.4. The summed E-state index contributed by atoms with van der Waals surface area (Å²) in [5, 5.41) is 14.5. The van der Waals surface area contributed by atoms with E-state index in [0.29, 0.717) is 17.3 Å². The summed E-state index contributed by atoms with van der Waals surface area (Å²) in [4.78, 5) is 13.1. The van der Waals surface area contributed by atoms with Gasteiger partial charge in [0.25, 0.3) is 0 Å². The number of hydrogen-bond acceptors (Lipinski definition) is 4. The standard InChI is InChI=1S/C14H21N3O2/c1-3-9-15-12-5-4-6-13(14(12)17(18)19)16(2)10-11-7-8-11/h4-6,11,15H,3,7-10H2,1-2H3. The number of para-hydroxylation sites is 1. The van der Waals surface area contributed by atoms with E-state index in [-0.39, 0.29) is 10.6 Å². The van der Waals surface area contributed by atoms with Gasteiger partial charge in [-0.2, -0.15) is 0 Å². The third kappa shape index (κ3) is 3.36. The monoisotopic (exact) mass is 263 g/mol. The number of nitrogens with one attached hydrogen (secondary N) is 1. The lowest BCUT2D eigenvalue weighted by Crippen LogP contribution is -2.21. The summed E-state index contributed by atoms with van der Waals surface area (Å²) in [7, 11) is 1.93. The van der Waals surface area contributed by atoms with E-state index in [1.54, 1.807) is 6.07 Å². The van der Waals surface area contributed by atoms with Crippen LogP contribution in [0.1, 0.15) is 26.2 Å². The summed E-state index contributed by atoms with van der Waals surface area (Å²) < 4.78 is 0. The number of benzene rings is 1. The van der Waals surface area contributed by atoms with Crippen molar-refractivity contribution in [3.63, 3.8) is 0 Å². The van der Waals surface area contributed by atoms with E-state index in [1.807, 2.05) is 31.0 Å². The zero-order valence-corrected chi connectivity index (χ0v) is 11.6. The first kappa shape index (κ1) is 13.6. The van der Waals surface area contributed by atoms with Crippen molar-refractivity contribution in [2.24, 2.45) is 5.92 Å². The summed E-state index contributed by atoms with van der Waals surface area (Å²) in [5.41, 5.74) is 1.52. The van der Waals surface area contributed by atoms with Gasteiger partial charge in [0.1, 0.15) is 11.4 Å². The fraction of sp³-hybridized carbons (Fsp3) is 0.571. The fourth-order valence-corrected chi connectivity index (χ4v) is 2.22. The van der Waals surface area contributed by atoms with E-state index < -0.39 is 0 Å². The molecule has 2 rings (SSSR count). The Morgan fingerprint density at radius 1 is 1.47 bits per heavy atom. The second kappa shape index (κ2) is 5.91. The zero-order valence-electron chi connectivity index (χ0n) is 11.6. The predicted octanol–water partition coefficient (Wildman–Crippen LogP) is 3.26. The van der Waals surface area contributed by atoms with Crippen LogP contribution in [-0.4, -0.2) is 25.1 Å². The van der Waals surface area contributed by atoms with Crippen molar-refractivity contribution >= 4 is 17.1 Å². The third-order valence-electron chi connectivity index (χ3n) is 3.40. The highest BCUT2D eigenvalue weighted by molar-refractivity contribution is 5.76. The van der Waals surface area contributed by atoms with Gasteiger partial charge in [0.05, 0.1) is 4.92 Å². The number of rotatable bonds is 7. The van der Waals surface area contributed by atoms with Crippen molar-refractivity contribution < 1.29 is 4.92 Å². The molecule has 1 aromatic rings. The molecule has 0 aliphatic heterocycles. The molecular formula is C14H21N3O2. The molecule has 19 heavy (non-hydrogen) atoms. The molecule has 5 nitrogen and oxygen atoms in total. The highest BCUT2D eigenvalue weighted by Crippen LogP contribution is 2.37. The Morgan fingerprint density at radius 2 is 2.21 bits per heavy atom. The quantitative estimate of drug-likeness (QED) is 0.606. The van der Waals surface area contributed by atoms with Crippen LogP contribution in [0.4, 0.5) is 17.1 Å². The van der Waals surface area contributed by atoms with Crippen LogP contribution < -0.4 is 10.2 Å². The van der Waals surface area contributed by atoms with Gasteiger partial charge >= 0.3 is 5.69 Å². The molecule has 0 unspecified atom stereocenters. The van der Waals surface area contributed by atoms with Gasteiger partial charge in [-0.05, 0) is 37.3 Å². The van der Waals surface area contributed by atoms with Gasteiger partial charge in [0.2, 0.25) is 0 Å². The van der Waals surface area contributed by atoms with E-state index in [2.05, 4.69) is 5.32 Å². The lowest BCUT2D eigenvalue weighted by molar-refractivity contribution is -0.383. The van der Waals surface area contributed by atoms with Crippen LogP contribution >= 0.6 is 0 Å². The van der Waals surface area contributed by atoms with E-state index in [0.717, 1.165) is 19.5 Å². The Balaban J connectivity index is 2.26. The zero-order chi connectivity index (χ0) is 13.8. The maximum atomic E-state index is 11.4.